The summed E-state index contributed by atoms with van der Waals surface area (Å²) in [6.07, 6.45) is 60.3. The number of allylic oxidation sites excluding steroid dienone is 2. The van der Waals surface area contributed by atoms with Crippen molar-refractivity contribution >= 4 is 0 Å². The Morgan fingerprint density at radius 1 is 0.410 bits per heavy atom. The average Bonchev–Trinajstić information content (AvgIpc) is 3.65. The van der Waals surface area contributed by atoms with Gasteiger partial charge >= 0.3 is 0 Å². The van der Waals surface area contributed by atoms with Crippen LogP contribution >= 0.6 is 0 Å². The molecule has 0 bridgehead atoms. The molecule has 0 aliphatic heterocycles. The van der Waals surface area contributed by atoms with Crippen LogP contribution in [-0.2, 0) is 0 Å². The Bertz CT molecular complexity index is 1490. The fraction of sp³-hybridized carbons (Fsp3) is 0.967. The molecule has 11 saturated carbocycles. The average molecular weight is 831 g/mol. The highest BCUT2D eigenvalue weighted by molar-refractivity contribution is 5.23. The Morgan fingerprint density at radius 2 is 0.934 bits per heavy atom. The third kappa shape index (κ3) is 7.90. The normalized spacial score (nSPS) is 52.1. The quantitative estimate of drug-likeness (QED) is 0.203. The van der Waals surface area contributed by atoms with Gasteiger partial charge in [0, 0.05) is 0 Å². The second-order valence-corrected chi connectivity index (χ2v) is 26.9. The van der Waals surface area contributed by atoms with Gasteiger partial charge in [0.1, 0.15) is 0 Å². The van der Waals surface area contributed by atoms with Crippen LogP contribution in [0.1, 0.15) is 238 Å². The Kier molecular flexibility index (Phi) is 12.7. The Labute approximate surface area is 378 Å². The molecule has 0 aromatic rings. The molecule has 0 N–H and O–H groups in total. The van der Waals surface area contributed by atoms with Crippen molar-refractivity contribution in [3.8, 4) is 0 Å². The zero-order chi connectivity index (χ0) is 40.4. The molecule has 12 aliphatic carbocycles. The molecule has 0 nitrogen and oxygen atoms in total. The molecule has 0 heterocycles. The van der Waals surface area contributed by atoms with Gasteiger partial charge in [-0.05, 0) is 252 Å². The molecule has 342 valence electrons. The van der Waals surface area contributed by atoms with Gasteiger partial charge in [0.2, 0.25) is 0 Å². The number of fused-ring (bicyclic) bond motifs is 2. The maximum absolute atomic E-state index is 2.97. The van der Waals surface area contributed by atoms with E-state index < -0.39 is 0 Å². The van der Waals surface area contributed by atoms with Crippen molar-refractivity contribution in [3.63, 3.8) is 0 Å². The molecule has 12 rings (SSSR count). The summed E-state index contributed by atoms with van der Waals surface area (Å²) >= 11 is 0. The van der Waals surface area contributed by atoms with Crippen LogP contribution in [0, 0.1) is 130 Å². The van der Waals surface area contributed by atoms with E-state index in [1.165, 1.54) is 12.8 Å². The van der Waals surface area contributed by atoms with Crippen LogP contribution in [0.3, 0.4) is 0 Å². The van der Waals surface area contributed by atoms with Crippen LogP contribution in [0.15, 0.2) is 11.6 Å². The number of hydrogen-bond donors (Lipinski definition) is 0. The summed E-state index contributed by atoms with van der Waals surface area (Å²) in [7, 11) is 0. The molecule has 61 heavy (non-hydrogen) atoms. The zero-order valence-corrected chi connectivity index (χ0v) is 40.2. The van der Waals surface area contributed by atoms with Crippen molar-refractivity contribution in [1.29, 1.82) is 0 Å². The van der Waals surface area contributed by atoms with E-state index in [1.807, 2.05) is 0 Å². The monoisotopic (exact) mass is 831 g/mol. The van der Waals surface area contributed by atoms with E-state index >= 15 is 0 Å². The minimum Gasteiger partial charge on any atom is -0.0845 e. The molecule has 22 atom stereocenters. The van der Waals surface area contributed by atoms with Crippen LogP contribution in [0.5, 0.6) is 0 Å². The molecule has 0 amide bonds. The molecule has 0 saturated heterocycles. The molecule has 0 radical (unpaired) electrons. The lowest BCUT2D eigenvalue weighted by molar-refractivity contribution is -0.0998. The number of rotatable bonds is 9. The first-order chi connectivity index (χ1) is 30.2. The first kappa shape index (κ1) is 42.1. The maximum atomic E-state index is 2.97. The summed E-state index contributed by atoms with van der Waals surface area (Å²) in [5.41, 5.74) is 2.09. The topological polar surface area (TPSA) is 0 Å². The third-order valence-corrected chi connectivity index (χ3v) is 25.0. The lowest BCUT2D eigenvalue weighted by Crippen LogP contribution is -2.52. The number of hydrogen-bond acceptors (Lipinski definition) is 0. The van der Waals surface area contributed by atoms with Crippen molar-refractivity contribution in [2.45, 2.75) is 238 Å². The summed E-state index contributed by atoms with van der Waals surface area (Å²) in [6.45, 7) is 2.56. The van der Waals surface area contributed by atoms with E-state index in [0.29, 0.717) is 0 Å². The first-order valence-electron chi connectivity index (χ1n) is 29.9. The predicted molar refractivity (Wildman–Crippen MR) is 257 cm³/mol. The van der Waals surface area contributed by atoms with Gasteiger partial charge in [-0.1, -0.05) is 128 Å². The summed E-state index contributed by atoms with van der Waals surface area (Å²) in [5, 5.41) is 0. The summed E-state index contributed by atoms with van der Waals surface area (Å²) < 4.78 is 0. The summed E-state index contributed by atoms with van der Waals surface area (Å²) in [6, 6.07) is 0. The largest absolute Gasteiger partial charge is 0.0845 e. The van der Waals surface area contributed by atoms with E-state index in [2.05, 4.69) is 18.6 Å². The molecule has 0 heteroatoms. The van der Waals surface area contributed by atoms with Crippen LogP contribution in [-0.4, -0.2) is 0 Å². The lowest BCUT2D eigenvalue weighted by Gasteiger charge is -2.59. The first-order valence-corrected chi connectivity index (χ1v) is 29.9. The Morgan fingerprint density at radius 3 is 1.72 bits per heavy atom. The van der Waals surface area contributed by atoms with Gasteiger partial charge < -0.3 is 0 Å². The highest BCUT2D eigenvalue weighted by Gasteiger charge is 2.57. The molecule has 14 unspecified atom stereocenters. The Balaban J connectivity index is 0.715. The fourth-order valence-electron chi connectivity index (χ4n) is 22.9. The van der Waals surface area contributed by atoms with Crippen LogP contribution in [0.2, 0.25) is 0 Å². The molecule has 11 fully saturated rings. The smallest absolute Gasteiger partial charge is 0.0138 e. The standard InChI is InChI=1S/C61H98/c1-2-10-41(51-31-26-46-30-36-57-53(50-24-21-40-12-4-6-14-48(40)38-50)32-25-43-18-9-20-55(51)60(46)59(43)57)16-8-17-42-22-23-44-29-35-56-52(33-27-45-28-34-54(42)58(44)61(45)56)49-19-7-15-39-11-3-5-13-47(39)37-49/h34,39-53,55-61H,2-33,35-38H2,1H3/t39?,40-,41?,42+,43-,44?,45?,46+,47+,48?,49+,50?,51?,52?,53?,55+,56?,57?,58-,59?,60?,61?/m1/s1. The van der Waals surface area contributed by atoms with Gasteiger partial charge in [0.15, 0.2) is 0 Å². The van der Waals surface area contributed by atoms with E-state index in [-0.39, 0.29) is 0 Å². The van der Waals surface area contributed by atoms with E-state index in [4.69, 9.17) is 0 Å². The van der Waals surface area contributed by atoms with Crippen molar-refractivity contribution in [2.24, 2.45) is 130 Å². The second kappa shape index (κ2) is 18.4. The van der Waals surface area contributed by atoms with Crippen molar-refractivity contribution < 1.29 is 0 Å². The van der Waals surface area contributed by atoms with Gasteiger partial charge in [-0.2, -0.15) is 0 Å². The summed E-state index contributed by atoms with van der Waals surface area (Å²) in [4.78, 5) is 0. The fourth-order valence-corrected chi connectivity index (χ4v) is 22.9. The van der Waals surface area contributed by atoms with Gasteiger partial charge in [-0.25, -0.2) is 0 Å². The highest BCUT2D eigenvalue weighted by atomic mass is 14.6. The van der Waals surface area contributed by atoms with Crippen molar-refractivity contribution in [1.82, 2.24) is 0 Å². The van der Waals surface area contributed by atoms with Gasteiger partial charge in [-0.15, -0.1) is 0 Å². The van der Waals surface area contributed by atoms with Crippen LogP contribution in [0.25, 0.3) is 0 Å². The van der Waals surface area contributed by atoms with Gasteiger partial charge in [0.05, 0.1) is 0 Å². The molecule has 12 aliphatic rings. The predicted octanol–water partition coefficient (Wildman–Crippen LogP) is 17.7. The minimum atomic E-state index is 0.959. The molecule has 0 spiro atoms. The molecule has 0 aromatic heterocycles. The highest BCUT2D eigenvalue weighted by Crippen LogP contribution is 2.66. The molecule has 0 aromatic carbocycles. The van der Waals surface area contributed by atoms with Crippen LogP contribution < -0.4 is 0 Å². The van der Waals surface area contributed by atoms with Gasteiger partial charge in [0.25, 0.3) is 0 Å². The van der Waals surface area contributed by atoms with Gasteiger partial charge in [-0.3, -0.25) is 0 Å². The van der Waals surface area contributed by atoms with Crippen molar-refractivity contribution in [3.05, 3.63) is 11.6 Å². The molecular weight excluding hydrogens is 733 g/mol. The van der Waals surface area contributed by atoms with Crippen molar-refractivity contribution in [2.75, 3.05) is 0 Å². The zero-order valence-electron chi connectivity index (χ0n) is 40.2. The second-order valence-electron chi connectivity index (χ2n) is 26.9. The van der Waals surface area contributed by atoms with E-state index in [9.17, 15) is 0 Å². The maximum Gasteiger partial charge on any atom is -0.0138 e. The molecular formula is C61H98. The van der Waals surface area contributed by atoms with E-state index in [0.717, 1.165) is 130 Å². The third-order valence-electron chi connectivity index (χ3n) is 25.0. The van der Waals surface area contributed by atoms with E-state index in [1.54, 1.807) is 218 Å². The summed E-state index contributed by atoms with van der Waals surface area (Å²) in [5.74, 6) is 24.0. The Hall–Kier alpha value is -0.260. The lowest BCUT2D eigenvalue weighted by atomic mass is 9.46. The SMILES string of the molecule is CCCC(CCC[C@H]1CCC2CCC3C([C@H]4CCCC5CCCC[C@H]5C4)CCC4CC=C1[C@@H]2C43)C1CC[C@H]2CCC3C(C4CC[C@H]5CCCCC5C4)CC[C@H]4CCC[C@@H]1C2C34. The minimum absolute atomic E-state index is 0.959. The van der Waals surface area contributed by atoms with Crippen LogP contribution in [0.4, 0.5) is 0 Å².